The maximum Gasteiger partial charge on any atom is 0.320 e. The standard InChI is InChI=1S/C10H14N4O3.C10H13N3O3.C2H4/c1-11-9(16)12-6-13-10(17)14-7-2-4-8(15)5-3-7;1-11-10(16)12-6-9(15)13-7-2-4-8(14)5-3-7;1-2/h2-5,15H,6H2,1H3,(H2,11,12,16)(H2,13,14,17);2-5,14H,6H2,1H3,(H,13,15)(H2,11,12,16);1-2H2. The molecule has 0 aromatic heterocycles. The number of amides is 7. The summed E-state index contributed by atoms with van der Waals surface area (Å²) < 4.78 is 0. The van der Waals surface area contributed by atoms with Crippen LogP contribution in [0.2, 0.25) is 0 Å². The summed E-state index contributed by atoms with van der Waals surface area (Å²) in [6.07, 6.45) is 0. The van der Waals surface area contributed by atoms with Crippen molar-refractivity contribution in [3.63, 3.8) is 0 Å². The van der Waals surface area contributed by atoms with Crippen LogP contribution in [0.4, 0.5) is 25.8 Å². The van der Waals surface area contributed by atoms with Crippen LogP contribution in [0.25, 0.3) is 0 Å². The molecule has 0 heterocycles. The first-order valence-corrected chi connectivity index (χ1v) is 10.1. The number of hydrogen-bond donors (Lipinski definition) is 9. The van der Waals surface area contributed by atoms with E-state index in [-0.39, 0.29) is 36.7 Å². The van der Waals surface area contributed by atoms with Gasteiger partial charge in [-0.15, -0.1) is 13.2 Å². The quantitative estimate of drug-likeness (QED) is 0.167. The first-order chi connectivity index (χ1) is 16.7. The number of anilines is 2. The van der Waals surface area contributed by atoms with Gasteiger partial charge in [-0.05, 0) is 48.5 Å². The Morgan fingerprint density at radius 2 is 1.06 bits per heavy atom. The van der Waals surface area contributed by atoms with Crippen molar-refractivity contribution in [2.45, 2.75) is 0 Å². The number of nitrogens with one attached hydrogen (secondary N) is 7. The van der Waals surface area contributed by atoms with Crippen molar-refractivity contribution in [2.24, 2.45) is 0 Å². The van der Waals surface area contributed by atoms with Crippen molar-refractivity contribution in [1.82, 2.24) is 26.6 Å². The molecule has 13 nitrogen and oxygen atoms in total. The van der Waals surface area contributed by atoms with Crippen molar-refractivity contribution in [3.8, 4) is 11.5 Å². The molecule has 13 heteroatoms. The predicted octanol–water partition coefficient (Wildman–Crippen LogP) is 1.46. The van der Waals surface area contributed by atoms with Crippen molar-refractivity contribution < 1.29 is 29.4 Å². The van der Waals surface area contributed by atoms with Crippen molar-refractivity contribution in [2.75, 3.05) is 37.9 Å². The van der Waals surface area contributed by atoms with E-state index in [9.17, 15) is 19.2 Å². The van der Waals surface area contributed by atoms with Crippen molar-refractivity contribution in [1.29, 1.82) is 0 Å². The molecule has 0 bridgehead atoms. The van der Waals surface area contributed by atoms with E-state index in [1.54, 1.807) is 24.3 Å². The van der Waals surface area contributed by atoms with Crippen LogP contribution in [-0.4, -0.2) is 61.5 Å². The number of aromatic hydroxyl groups is 2. The van der Waals surface area contributed by atoms with Crippen molar-refractivity contribution >= 4 is 35.4 Å². The number of carbonyl (C=O) groups excluding carboxylic acids is 4. The van der Waals surface area contributed by atoms with Gasteiger partial charge in [-0.25, -0.2) is 14.4 Å². The Morgan fingerprint density at radius 1 is 0.657 bits per heavy atom. The number of phenolic OH excluding ortho intramolecular Hbond substituents is 2. The summed E-state index contributed by atoms with van der Waals surface area (Å²) in [5.74, 6) is -0.0898. The molecule has 2 aromatic carbocycles. The summed E-state index contributed by atoms with van der Waals surface area (Å²) in [4.78, 5) is 44.2. The Morgan fingerprint density at radius 3 is 1.51 bits per heavy atom. The maximum absolute atomic E-state index is 11.3. The summed E-state index contributed by atoms with van der Waals surface area (Å²) in [5, 5.41) is 35.0. The van der Waals surface area contributed by atoms with Gasteiger partial charge < -0.3 is 47.4 Å². The van der Waals surface area contributed by atoms with Crippen LogP contribution in [0, 0.1) is 0 Å². The zero-order valence-electron chi connectivity index (χ0n) is 19.5. The minimum Gasteiger partial charge on any atom is -0.508 e. The number of hydrogen-bond acceptors (Lipinski definition) is 6. The van der Waals surface area contributed by atoms with Crippen LogP contribution < -0.4 is 37.2 Å². The number of benzene rings is 2. The Kier molecular flexibility index (Phi) is 15.1. The molecule has 9 N–H and O–H groups in total. The molecule has 2 rings (SSSR count). The van der Waals surface area contributed by atoms with Crippen LogP contribution in [-0.2, 0) is 4.79 Å². The zero-order valence-corrected chi connectivity index (χ0v) is 19.5. The van der Waals surface area contributed by atoms with Gasteiger partial charge >= 0.3 is 18.1 Å². The van der Waals surface area contributed by atoms with E-state index in [1.807, 2.05) is 0 Å². The van der Waals surface area contributed by atoms with Crippen molar-refractivity contribution in [3.05, 3.63) is 61.7 Å². The minimum absolute atomic E-state index is 0.0175. The third kappa shape index (κ3) is 14.7. The molecule has 0 spiro atoms. The van der Waals surface area contributed by atoms with Gasteiger partial charge in [0.25, 0.3) is 0 Å². The molecule has 0 atom stereocenters. The summed E-state index contributed by atoms with van der Waals surface area (Å²) in [6.45, 7) is 5.91. The fraction of sp³-hybridized carbons (Fsp3) is 0.182. The Hall–Kier alpha value is -4.94. The first kappa shape index (κ1) is 30.1. The molecule has 0 unspecified atom stereocenters. The van der Waals surface area contributed by atoms with Gasteiger partial charge in [0.05, 0.1) is 13.2 Å². The molecule has 35 heavy (non-hydrogen) atoms. The highest BCUT2D eigenvalue weighted by Gasteiger charge is 2.04. The highest BCUT2D eigenvalue weighted by atomic mass is 16.3. The highest BCUT2D eigenvalue weighted by molar-refractivity contribution is 5.94. The lowest BCUT2D eigenvalue weighted by molar-refractivity contribution is -0.115. The topological polar surface area (TPSA) is 193 Å². The first-order valence-electron chi connectivity index (χ1n) is 10.1. The van der Waals surface area contributed by atoms with Gasteiger partial charge in [0.2, 0.25) is 5.91 Å². The van der Waals surface area contributed by atoms with E-state index < -0.39 is 12.1 Å². The smallest absolute Gasteiger partial charge is 0.320 e. The molecule has 0 saturated heterocycles. The molecule has 190 valence electrons. The molecule has 0 aliphatic rings. The van der Waals surface area contributed by atoms with Crippen LogP contribution in [0.15, 0.2) is 61.7 Å². The SMILES string of the molecule is C=C.CNC(=O)NCC(=O)Nc1ccc(O)cc1.CNC(=O)NCNC(=O)Nc1ccc(O)cc1. The van der Waals surface area contributed by atoms with E-state index in [4.69, 9.17) is 10.2 Å². The molecule has 0 fully saturated rings. The maximum atomic E-state index is 11.3. The van der Waals surface area contributed by atoms with Gasteiger partial charge in [0.1, 0.15) is 11.5 Å². The lowest BCUT2D eigenvalue weighted by Crippen LogP contribution is -2.42. The summed E-state index contributed by atoms with van der Waals surface area (Å²) >= 11 is 0. The molecule has 0 radical (unpaired) electrons. The van der Waals surface area contributed by atoms with Crippen LogP contribution in [0.5, 0.6) is 11.5 Å². The van der Waals surface area contributed by atoms with Crippen LogP contribution >= 0.6 is 0 Å². The van der Waals surface area contributed by atoms with Crippen LogP contribution in [0.1, 0.15) is 0 Å². The van der Waals surface area contributed by atoms with Gasteiger partial charge in [-0.3, -0.25) is 4.79 Å². The second-order valence-electron chi connectivity index (χ2n) is 6.14. The van der Waals surface area contributed by atoms with Crippen LogP contribution in [0.3, 0.4) is 0 Å². The van der Waals surface area contributed by atoms with E-state index >= 15 is 0 Å². The molecule has 0 aliphatic carbocycles. The fourth-order valence-corrected chi connectivity index (χ4v) is 2.01. The average Bonchev–Trinajstić information content (AvgIpc) is 2.86. The largest absolute Gasteiger partial charge is 0.508 e. The monoisotopic (exact) mass is 489 g/mol. The van der Waals surface area contributed by atoms with Gasteiger partial charge in [-0.2, -0.15) is 0 Å². The molecule has 2 aromatic rings. The van der Waals surface area contributed by atoms with E-state index in [1.165, 1.54) is 38.4 Å². The third-order valence-corrected chi connectivity index (χ3v) is 3.64. The van der Waals surface area contributed by atoms with Gasteiger partial charge in [-0.1, -0.05) is 0 Å². The molecular formula is C22H31N7O6. The van der Waals surface area contributed by atoms with E-state index in [2.05, 4.69) is 50.4 Å². The number of urea groups is 3. The summed E-state index contributed by atoms with van der Waals surface area (Å²) in [7, 11) is 2.94. The molecular weight excluding hydrogens is 458 g/mol. The molecule has 7 amide bonds. The zero-order chi connectivity index (χ0) is 26.6. The number of rotatable bonds is 6. The average molecular weight is 490 g/mol. The summed E-state index contributed by atoms with van der Waals surface area (Å²) in [5.41, 5.74) is 1.10. The second-order valence-corrected chi connectivity index (χ2v) is 6.14. The molecule has 0 aliphatic heterocycles. The third-order valence-electron chi connectivity index (χ3n) is 3.64. The predicted molar refractivity (Wildman–Crippen MR) is 133 cm³/mol. The lowest BCUT2D eigenvalue weighted by atomic mass is 10.3. The number of carbonyl (C=O) groups is 4. The Bertz CT molecular complexity index is 936. The minimum atomic E-state index is -0.452. The van der Waals surface area contributed by atoms with E-state index in [0.717, 1.165) is 0 Å². The molecule has 0 saturated carbocycles. The van der Waals surface area contributed by atoms with E-state index in [0.29, 0.717) is 11.4 Å². The van der Waals surface area contributed by atoms with Gasteiger partial charge in [0, 0.05) is 25.5 Å². The fourth-order valence-electron chi connectivity index (χ4n) is 2.01. The Labute approximate surface area is 203 Å². The lowest BCUT2D eigenvalue weighted by Gasteiger charge is -2.08. The summed E-state index contributed by atoms with van der Waals surface area (Å²) in [6, 6.07) is 10.8. The Balaban J connectivity index is 0.000000618. The normalized spacial score (nSPS) is 8.86. The second kappa shape index (κ2) is 17.6. The highest BCUT2D eigenvalue weighted by Crippen LogP contribution is 2.14. The number of phenols is 2. The van der Waals surface area contributed by atoms with Gasteiger partial charge in [0.15, 0.2) is 0 Å².